The van der Waals surface area contributed by atoms with Crippen LogP contribution in [0.1, 0.15) is 41.9 Å². The SMILES string of the molecule is O=C(c1ccn(C(F)F)n1)N1CCC(CCc2ccccc2)CC1. The molecule has 3 rings (SSSR count). The predicted molar refractivity (Wildman–Crippen MR) is 86.9 cm³/mol. The number of carbonyl (C=O) groups excluding carboxylic acids is 1. The van der Waals surface area contributed by atoms with Crippen LogP contribution >= 0.6 is 0 Å². The normalized spacial score (nSPS) is 15.9. The lowest BCUT2D eigenvalue weighted by molar-refractivity contribution is 0.0544. The highest BCUT2D eigenvalue weighted by atomic mass is 19.3. The van der Waals surface area contributed by atoms with E-state index < -0.39 is 6.55 Å². The number of likely N-dealkylation sites (tertiary alicyclic amines) is 1. The van der Waals surface area contributed by atoms with Crippen molar-refractivity contribution in [3.63, 3.8) is 0 Å². The fourth-order valence-corrected chi connectivity index (χ4v) is 3.16. The number of benzene rings is 1. The van der Waals surface area contributed by atoms with Crippen molar-refractivity contribution in [2.24, 2.45) is 5.92 Å². The standard InChI is InChI=1S/C18H21F2N3O/c19-18(20)23-13-10-16(21-23)17(24)22-11-8-15(9-12-22)7-6-14-4-2-1-3-5-14/h1-5,10,13,15,18H,6-9,11-12H2. The van der Waals surface area contributed by atoms with Gasteiger partial charge in [-0.2, -0.15) is 13.9 Å². The molecule has 1 aliphatic heterocycles. The maximum atomic E-state index is 12.5. The molecule has 2 heterocycles. The van der Waals surface area contributed by atoms with E-state index in [2.05, 4.69) is 29.4 Å². The van der Waals surface area contributed by atoms with Crippen LogP contribution in [0.25, 0.3) is 0 Å². The molecule has 0 aliphatic carbocycles. The second kappa shape index (κ2) is 7.55. The Morgan fingerprint density at radius 1 is 1.17 bits per heavy atom. The molecule has 0 N–H and O–H groups in total. The van der Waals surface area contributed by atoms with Gasteiger partial charge in [-0.05, 0) is 43.2 Å². The summed E-state index contributed by atoms with van der Waals surface area (Å²) in [4.78, 5) is 14.0. The van der Waals surface area contributed by atoms with E-state index in [1.165, 1.54) is 11.6 Å². The summed E-state index contributed by atoms with van der Waals surface area (Å²) in [6, 6.07) is 11.7. The highest BCUT2D eigenvalue weighted by molar-refractivity contribution is 5.92. The molecule has 6 heteroatoms. The molecule has 0 saturated carbocycles. The van der Waals surface area contributed by atoms with Crippen LogP contribution in [0.2, 0.25) is 0 Å². The van der Waals surface area contributed by atoms with Crippen molar-refractivity contribution >= 4 is 5.91 Å². The molecule has 4 nitrogen and oxygen atoms in total. The van der Waals surface area contributed by atoms with Crippen molar-refractivity contribution in [3.8, 4) is 0 Å². The topological polar surface area (TPSA) is 38.1 Å². The third kappa shape index (κ3) is 3.99. The summed E-state index contributed by atoms with van der Waals surface area (Å²) >= 11 is 0. The minimum atomic E-state index is -2.71. The summed E-state index contributed by atoms with van der Waals surface area (Å²) in [5.41, 5.74) is 1.44. The Labute approximate surface area is 140 Å². The number of piperidine rings is 1. The van der Waals surface area contributed by atoms with Crippen LogP contribution in [0.15, 0.2) is 42.6 Å². The van der Waals surface area contributed by atoms with Crippen molar-refractivity contribution in [2.45, 2.75) is 32.2 Å². The van der Waals surface area contributed by atoms with Crippen LogP contribution < -0.4 is 0 Å². The molecule has 1 aromatic carbocycles. The van der Waals surface area contributed by atoms with E-state index in [4.69, 9.17) is 0 Å². The Kier molecular flexibility index (Phi) is 5.23. The van der Waals surface area contributed by atoms with Crippen LogP contribution in [-0.4, -0.2) is 33.7 Å². The zero-order valence-electron chi connectivity index (χ0n) is 13.4. The summed E-state index contributed by atoms with van der Waals surface area (Å²) in [5, 5.41) is 3.66. The van der Waals surface area contributed by atoms with Gasteiger partial charge in [0.15, 0.2) is 5.69 Å². The van der Waals surface area contributed by atoms with Crippen molar-refractivity contribution in [2.75, 3.05) is 13.1 Å². The number of alkyl halides is 2. The molecular weight excluding hydrogens is 312 g/mol. The number of hydrogen-bond acceptors (Lipinski definition) is 2. The molecule has 0 radical (unpaired) electrons. The number of aryl methyl sites for hydroxylation is 1. The van der Waals surface area contributed by atoms with E-state index in [0.29, 0.717) is 23.7 Å². The van der Waals surface area contributed by atoms with Crippen LogP contribution in [0.4, 0.5) is 8.78 Å². The van der Waals surface area contributed by atoms with Crippen LogP contribution in [0.3, 0.4) is 0 Å². The van der Waals surface area contributed by atoms with E-state index in [1.807, 2.05) is 6.07 Å². The molecule has 2 aromatic rings. The summed E-state index contributed by atoms with van der Waals surface area (Å²) in [6.07, 6.45) is 5.22. The third-order valence-electron chi connectivity index (χ3n) is 4.61. The number of aromatic nitrogens is 2. The lowest BCUT2D eigenvalue weighted by atomic mass is 9.90. The number of halogens is 2. The molecule has 0 unspecified atom stereocenters. The van der Waals surface area contributed by atoms with Crippen molar-refractivity contribution in [1.29, 1.82) is 0 Å². The molecule has 0 spiro atoms. The fourth-order valence-electron chi connectivity index (χ4n) is 3.16. The zero-order chi connectivity index (χ0) is 16.9. The van der Waals surface area contributed by atoms with Gasteiger partial charge in [-0.3, -0.25) is 4.79 Å². The van der Waals surface area contributed by atoms with E-state index in [-0.39, 0.29) is 11.6 Å². The van der Waals surface area contributed by atoms with Gasteiger partial charge in [0.2, 0.25) is 0 Å². The first-order chi connectivity index (χ1) is 11.6. The van der Waals surface area contributed by atoms with Crippen LogP contribution in [0.5, 0.6) is 0 Å². The summed E-state index contributed by atoms with van der Waals surface area (Å²) < 4.78 is 25.6. The van der Waals surface area contributed by atoms with Crippen molar-refractivity contribution < 1.29 is 13.6 Å². The predicted octanol–water partition coefficient (Wildman–Crippen LogP) is 3.76. The maximum Gasteiger partial charge on any atom is 0.333 e. The third-order valence-corrected chi connectivity index (χ3v) is 4.61. The molecule has 1 saturated heterocycles. The highest BCUT2D eigenvalue weighted by Gasteiger charge is 2.25. The van der Waals surface area contributed by atoms with E-state index in [9.17, 15) is 13.6 Å². The van der Waals surface area contributed by atoms with Crippen molar-refractivity contribution in [1.82, 2.24) is 14.7 Å². The fraction of sp³-hybridized carbons (Fsp3) is 0.444. The summed E-state index contributed by atoms with van der Waals surface area (Å²) in [5.74, 6) is 0.351. The smallest absolute Gasteiger partial charge is 0.333 e. The zero-order valence-corrected chi connectivity index (χ0v) is 13.4. The average molecular weight is 333 g/mol. The van der Waals surface area contributed by atoms with Gasteiger partial charge in [-0.15, -0.1) is 0 Å². The molecular formula is C18H21F2N3O. The average Bonchev–Trinajstić information content (AvgIpc) is 3.11. The second-order valence-corrected chi connectivity index (χ2v) is 6.22. The molecule has 1 aliphatic rings. The number of rotatable bonds is 5. The molecule has 128 valence electrons. The first kappa shape index (κ1) is 16.6. The largest absolute Gasteiger partial charge is 0.337 e. The van der Waals surface area contributed by atoms with Gasteiger partial charge in [0, 0.05) is 19.3 Å². The van der Waals surface area contributed by atoms with Gasteiger partial charge in [-0.1, -0.05) is 30.3 Å². The van der Waals surface area contributed by atoms with Gasteiger partial charge >= 0.3 is 6.55 Å². The summed E-state index contributed by atoms with van der Waals surface area (Å²) in [6.45, 7) is -1.38. The Bertz CT molecular complexity index is 664. The van der Waals surface area contributed by atoms with E-state index in [0.717, 1.165) is 31.9 Å². The summed E-state index contributed by atoms with van der Waals surface area (Å²) in [7, 11) is 0. The Balaban J connectivity index is 1.48. The number of carbonyl (C=O) groups is 1. The quantitative estimate of drug-likeness (QED) is 0.835. The molecule has 1 amide bonds. The van der Waals surface area contributed by atoms with Crippen LogP contribution in [0, 0.1) is 5.92 Å². The number of amides is 1. The monoisotopic (exact) mass is 333 g/mol. The lowest BCUT2D eigenvalue weighted by Gasteiger charge is -2.31. The first-order valence-electron chi connectivity index (χ1n) is 8.30. The first-order valence-corrected chi connectivity index (χ1v) is 8.30. The van der Waals surface area contributed by atoms with Crippen LogP contribution in [-0.2, 0) is 6.42 Å². The van der Waals surface area contributed by atoms with E-state index >= 15 is 0 Å². The Morgan fingerprint density at radius 2 is 1.88 bits per heavy atom. The Morgan fingerprint density at radius 3 is 2.50 bits per heavy atom. The lowest BCUT2D eigenvalue weighted by Crippen LogP contribution is -2.38. The maximum absolute atomic E-state index is 12.5. The molecule has 0 atom stereocenters. The van der Waals surface area contributed by atoms with Gasteiger partial charge in [0.25, 0.3) is 5.91 Å². The molecule has 1 fully saturated rings. The second-order valence-electron chi connectivity index (χ2n) is 6.22. The molecule has 1 aromatic heterocycles. The minimum absolute atomic E-state index is 0.0954. The van der Waals surface area contributed by atoms with E-state index in [1.54, 1.807) is 4.90 Å². The highest BCUT2D eigenvalue weighted by Crippen LogP contribution is 2.23. The number of hydrogen-bond donors (Lipinski definition) is 0. The van der Waals surface area contributed by atoms with Crippen molar-refractivity contribution in [3.05, 3.63) is 53.9 Å². The van der Waals surface area contributed by atoms with Gasteiger partial charge in [0.1, 0.15) is 0 Å². The number of nitrogens with zero attached hydrogens (tertiary/aromatic N) is 3. The molecule has 24 heavy (non-hydrogen) atoms. The minimum Gasteiger partial charge on any atom is -0.337 e. The molecule has 0 bridgehead atoms. The van der Waals surface area contributed by atoms with Gasteiger partial charge < -0.3 is 4.90 Å². The van der Waals surface area contributed by atoms with Gasteiger partial charge in [0.05, 0.1) is 0 Å². The Hall–Kier alpha value is -2.24. The van der Waals surface area contributed by atoms with Gasteiger partial charge in [-0.25, -0.2) is 4.68 Å².